The Hall–Kier alpha value is -2.34. The van der Waals surface area contributed by atoms with Crippen molar-refractivity contribution in [2.75, 3.05) is 7.11 Å². The van der Waals surface area contributed by atoms with Crippen molar-refractivity contribution in [1.82, 2.24) is 10.2 Å². The second kappa shape index (κ2) is 8.99. The molecule has 0 bridgehead atoms. The maximum Gasteiger partial charge on any atom is 0.247 e. The Morgan fingerprint density at radius 1 is 1.17 bits per heavy atom. The van der Waals surface area contributed by atoms with E-state index in [4.69, 9.17) is 4.74 Å². The molecule has 2 aliphatic rings. The molecule has 1 aromatic heterocycles. The van der Waals surface area contributed by atoms with Crippen LogP contribution in [0.25, 0.3) is 0 Å². The number of benzene rings is 1. The summed E-state index contributed by atoms with van der Waals surface area (Å²) in [5, 5.41) is 5.20. The summed E-state index contributed by atoms with van der Waals surface area (Å²) in [6, 6.07) is 11.2. The first kappa shape index (κ1) is 20.0. The second-order valence-corrected chi connectivity index (χ2v) is 8.99. The van der Waals surface area contributed by atoms with Gasteiger partial charge in [-0.3, -0.25) is 9.59 Å². The van der Waals surface area contributed by atoms with Gasteiger partial charge >= 0.3 is 0 Å². The van der Waals surface area contributed by atoms with E-state index in [1.54, 1.807) is 18.4 Å². The van der Waals surface area contributed by atoms with E-state index >= 15 is 0 Å². The van der Waals surface area contributed by atoms with Crippen molar-refractivity contribution in [1.29, 1.82) is 0 Å². The standard InChI is InChI=1S/C23H28N2O3S/c1-28-19-9-4-6-16(14-19)22(23(27)24-17-7-2-3-8-17)25(18-11-12-18)21(26)15-20-10-5-13-29-20/h4-6,9-10,13-14,17-18,22H,2-3,7-8,11-12,15H2,1H3,(H,24,27)/t22-/m0/s1. The first-order chi connectivity index (χ1) is 14.2. The lowest BCUT2D eigenvalue weighted by atomic mass is 10.0. The Labute approximate surface area is 176 Å². The second-order valence-electron chi connectivity index (χ2n) is 7.96. The molecule has 2 aromatic rings. The molecule has 0 spiro atoms. The van der Waals surface area contributed by atoms with Gasteiger partial charge < -0.3 is 15.0 Å². The van der Waals surface area contributed by atoms with Gasteiger partial charge in [-0.05, 0) is 54.8 Å². The quantitative estimate of drug-likeness (QED) is 0.710. The highest BCUT2D eigenvalue weighted by molar-refractivity contribution is 7.10. The van der Waals surface area contributed by atoms with Gasteiger partial charge in [-0.2, -0.15) is 0 Å². The van der Waals surface area contributed by atoms with Crippen molar-refractivity contribution >= 4 is 23.2 Å². The lowest BCUT2D eigenvalue weighted by molar-refractivity contribution is -0.141. The number of carbonyl (C=O) groups is 2. The summed E-state index contributed by atoms with van der Waals surface area (Å²) in [7, 11) is 1.62. The topological polar surface area (TPSA) is 58.6 Å². The maximum atomic E-state index is 13.4. The third-order valence-corrected chi connectivity index (χ3v) is 6.65. The first-order valence-corrected chi connectivity index (χ1v) is 11.3. The van der Waals surface area contributed by atoms with Gasteiger partial charge in [-0.1, -0.05) is 31.0 Å². The molecule has 0 radical (unpaired) electrons. The number of hydrogen-bond donors (Lipinski definition) is 1. The van der Waals surface area contributed by atoms with Crippen LogP contribution in [-0.2, 0) is 16.0 Å². The zero-order valence-electron chi connectivity index (χ0n) is 16.8. The van der Waals surface area contributed by atoms with Crippen LogP contribution in [0.2, 0.25) is 0 Å². The molecule has 1 atom stereocenters. The van der Waals surface area contributed by atoms with Crippen LogP contribution >= 0.6 is 11.3 Å². The molecule has 2 fully saturated rings. The van der Waals surface area contributed by atoms with Crippen LogP contribution in [0.1, 0.15) is 55.0 Å². The first-order valence-electron chi connectivity index (χ1n) is 10.4. The minimum atomic E-state index is -0.620. The molecule has 154 valence electrons. The van der Waals surface area contributed by atoms with Gasteiger partial charge in [0.15, 0.2) is 0 Å². The van der Waals surface area contributed by atoms with E-state index in [2.05, 4.69) is 5.32 Å². The van der Waals surface area contributed by atoms with E-state index in [1.165, 1.54) is 0 Å². The van der Waals surface area contributed by atoms with Crippen molar-refractivity contribution in [2.45, 2.75) is 63.1 Å². The molecule has 4 rings (SSSR count). The Morgan fingerprint density at radius 2 is 1.97 bits per heavy atom. The Bertz CT molecular complexity index is 842. The Morgan fingerprint density at radius 3 is 2.62 bits per heavy atom. The fourth-order valence-corrected chi connectivity index (χ4v) is 4.86. The number of hydrogen-bond acceptors (Lipinski definition) is 4. The molecular weight excluding hydrogens is 384 g/mol. The van der Waals surface area contributed by atoms with E-state index in [-0.39, 0.29) is 23.9 Å². The van der Waals surface area contributed by atoms with Gasteiger partial charge in [0.2, 0.25) is 11.8 Å². The maximum absolute atomic E-state index is 13.4. The van der Waals surface area contributed by atoms with Crippen LogP contribution in [0.5, 0.6) is 5.75 Å². The third-order valence-electron chi connectivity index (χ3n) is 5.77. The van der Waals surface area contributed by atoms with Crippen LogP contribution in [0, 0.1) is 0 Å². The molecule has 29 heavy (non-hydrogen) atoms. The zero-order chi connectivity index (χ0) is 20.2. The monoisotopic (exact) mass is 412 g/mol. The molecule has 5 nitrogen and oxygen atoms in total. The highest BCUT2D eigenvalue weighted by Crippen LogP contribution is 2.37. The van der Waals surface area contributed by atoms with Gasteiger partial charge in [0.25, 0.3) is 0 Å². The van der Waals surface area contributed by atoms with E-state index in [0.717, 1.165) is 49.0 Å². The molecule has 2 saturated carbocycles. The summed E-state index contributed by atoms with van der Waals surface area (Å²) in [4.78, 5) is 29.6. The third kappa shape index (κ3) is 4.81. The van der Waals surface area contributed by atoms with Gasteiger partial charge in [0.1, 0.15) is 11.8 Å². The zero-order valence-corrected chi connectivity index (χ0v) is 17.6. The van der Waals surface area contributed by atoms with Gasteiger partial charge in [-0.15, -0.1) is 11.3 Å². The van der Waals surface area contributed by atoms with Crippen molar-refractivity contribution in [3.8, 4) is 5.75 Å². The Kier molecular flexibility index (Phi) is 6.19. The molecule has 2 amide bonds. The number of ether oxygens (including phenoxy) is 1. The largest absolute Gasteiger partial charge is 0.497 e. The number of rotatable bonds is 8. The molecule has 1 aromatic carbocycles. The van der Waals surface area contributed by atoms with Crippen molar-refractivity contribution < 1.29 is 14.3 Å². The molecule has 0 saturated heterocycles. The number of amides is 2. The highest BCUT2D eigenvalue weighted by Gasteiger charge is 2.41. The number of nitrogens with zero attached hydrogens (tertiary/aromatic N) is 1. The molecule has 1 heterocycles. The molecule has 0 aliphatic heterocycles. The van der Waals surface area contributed by atoms with Crippen LogP contribution < -0.4 is 10.1 Å². The van der Waals surface area contributed by atoms with Gasteiger partial charge in [-0.25, -0.2) is 0 Å². The molecule has 0 unspecified atom stereocenters. The fourth-order valence-electron chi connectivity index (χ4n) is 4.16. The van der Waals surface area contributed by atoms with Gasteiger partial charge in [0, 0.05) is 17.0 Å². The number of methoxy groups -OCH3 is 1. The summed E-state index contributed by atoms with van der Waals surface area (Å²) in [6.45, 7) is 0. The summed E-state index contributed by atoms with van der Waals surface area (Å²) in [6.07, 6.45) is 6.58. The van der Waals surface area contributed by atoms with Gasteiger partial charge in [0.05, 0.1) is 13.5 Å². The number of carbonyl (C=O) groups excluding carboxylic acids is 2. The average molecular weight is 413 g/mol. The normalized spacial score (nSPS) is 17.7. The summed E-state index contributed by atoms with van der Waals surface area (Å²) < 4.78 is 5.39. The predicted octanol–water partition coefficient (Wildman–Crippen LogP) is 4.09. The van der Waals surface area contributed by atoms with Crippen molar-refractivity contribution in [3.63, 3.8) is 0 Å². The SMILES string of the molecule is COc1cccc([C@@H](C(=O)NC2CCCC2)N(C(=O)Cc2cccs2)C2CC2)c1. The lowest BCUT2D eigenvalue weighted by Crippen LogP contribution is -2.47. The summed E-state index contributed by atoms with van der Waals surface area (Å²) >= 11 is 1.58. The van der Waals surface area contributed by atoms with E-state index in [9.17, 15) is 9.59 Å². The van der Waals surface area contributed by atoms with Crippen LogP contribution in [-0.4, -0.2) is 35.9 Å². The van der Waals surface area contributed by atoms with E-state index < -0.39 is 6.04 Å². The van der Waals surface area contributed by atoms with Crippen molar-refractivity contribution in [2.24, 2.45) is 0 Å². The van der Waals surface area contributed by atoms with Crippen molar-refractivity contribution in [3.05, 3.63) is 52.2 Å². The summed E-state index contributed by atoms with van der Waals surface area (Å²) in [5.41, 5.74) is 0.811. The molecule has 6 heteroatoms. The molecular formula is C23H28N2O3S. The van der Waals surface area contributed by atoms with E-state index in [0.29, 0.717) is 12.2 Å². The predicted molar refractivity (Wildman–Crippen MR) is 114 cm³/mol. The molecule has 2 aliphatic carbocycles. The fraction of sp³-hybridized carbons (Fsp3) is 0.478. The van der Waals surface area contributed by atoms with E-state index in [1.807, 2.05) is 46.7 Å². The highest BCUT2D eigenvalue weighted by atomic mass is 32.1. The van der Waals surface area contributed by atoms with Crippen LogP contribution in [0.4, 0.5) is 0 Å². The minimum absolute atomic E-state index is 0.0179. The minimum Gasteiger partial charge on any atom is -0.497 e. The smallest absolute Gasteiger partial charge is 0.247 e. The number of nitrogens with one attached hydrogen (secondary N) is 1. The number of thiophene rings is 1. The molecule has 1 N–H and O–H groups in total. The summed E-state index contributed by atoms with van der Waals surface area (Å²) in [5.74, 6) is 0.642. The van der Waals surface area contributed by atoms with Crippen LogP contribution in [0.3, 0.4) is 0 Å². The van der Waals surface area contributed by atoms with Crippen LogP contribution in [0.15, 0.2) is 41.8 Å². The lowest BCUT2D eigenvalue weighted by Gasteiger charge is -2.32. The Balaban J connectivity index is 1.64. The average Bonchev–Trinajstić information content (AvgIpc) is 3.18.